The first-order valence-corrected chi connectivity index (χ1v) is 11.4. The summed E-state index contributed by atoms with van der Waals surface area (Å²) in [6.07, 6.45) is 5.47. The van der Waals surface area contributed by atoms with Gasteiger partial charge >= 0.3 is 0 Å². The van der Waals surface area contributed by atoms with Crippen LogP contribution in [-0.4, -0.2) is 22.6 Å². The number of carbonyl (C=O) groups is 1. The van der Waals surface area contributed by atoms with Crippen molar-refractivity contribution in [2.75, 3.05) is 5.75 Å². The topological polar surface area (TPSA) is 20.3 Å². The van der Waals surface area contributed by atoms with Crippen LogP contribution < -0.4 is 0 Å². The van der Waals surface area contributed by atoms with Gasteiger partial charge in [0, 0.05) is 27.6 Å². The van der Waals surface area contributed by atoms with Gasteiger partial charge in [-0.1, -0.05) is 54.9 Å². The van der Waals surface area contributed by atoms with E-state index >= 15 is 0 Å². The molecule has 1 saturated heterocycles. The first-order chi connectivity index (χ1) is 13.6. The Bertz CT molecular complexity index is 777. The number of carbonyl (C=O) groups excluding carboxylic acids is 1. The van der Waals surface area contributed by atoms with Crippen LogP contribution in [-0.2, 0) is 4.79 Å². The summed E-state index contributed by atoms with van der Waals surface area (Å²) in [5.74, 6) is 1.22. The Hall–Kier alpha value is -1.71. The van der Waals surface area contributed by atoms with Gasteiger partial charge in [0.15, 0.2) is 0 Å². The smallest absolute Gasteiger partial charge is 0.226 e. The standard InChI is InChI=1S/C24H28ClNOS/c1-3-8-19-13-16-23(18-11-14-20(25)15-12-18)26(24(19)27)21(4-2)17-28-22-9-6-5-7-10-22/h3,5-7,9-12,14-15,19,21,23H,1,4,8,13,16-17H2,2H3/t19?,21-,23?/m0/s1. The molecule has 0 bridgehead atoms. The van der Waals surface area contributed by atoms with E-state index in [4.69, 9.17) is 11.6 Å². The van der Waals surface area contributed by atoms with E-state index in [0.717, 1.165) is 36.5 Å². The van der Waals surface area contributed by atoms with Gasteiger partial charge in [0.2, 0.25) is 5.91 Å². The zero-order valence-corrected chi connectivity index (χ0v) is 18.0. The fraction of sp³-hybridized carbons (Fsp3) is 0.375. The molecule has 28 heavy (non-hydrogen) atoms. The summed E-state index contributed by atoms with van der Waals surface area (Å²) < 4.78 is 0. The molecule has 2 aromatic rings. The second kappa shape index (κ2) is 10.2. The summed E-state index contributed by atoms with van der Waals surface area (Å²) in [5, 5.41) is 0.730. The zero-order chi connectivity index (χ0) is 19.9. The Morgan fingerprint density at radius 3 is 2.54 bits per heavy atom. The highest BCUT2D eigenvalue weighted by Crippen LogP contribution is 2.39. The van der Waals surface area contributed by atoms with E-state index < -0.39 is 0 Å². The number of likely N-dealkylation sites (tertiary alicyclic amines) is 1. The molecule has 0 saturated carbocycles. The molecule has 1 heterocycles. The Kier molecular flexibility index (Phi) is 7.64. The fourth-order valence-corrected chi connectivity index (χ4v) is 5.21. The SMILES string of the molecule is C=CCC1CCC(c2ccc(Cl)cc2)N([C@@H](CC)CSc2ccccc2)C1=O. The van der Waals surface area contributed by atoms with E-state index in [1.165, 1.54) is 10.5 Å². The molecule has 1 amide bonds. The van der Waals surface area contributed by atoms with E-state index in [1.54, 1.807) is 0 Å². The van der Waals surface area contributed by atoms with E-state index in [-0.39, 0.29) is 23.9 Å². The molecule has 0 aromatic heterocycles. The van der Waals surface area contributed by atoms with Gasteiger partial charge in [0.25, 0.3) is 0 Å². The summed E-state index contributed by atoms with van der Waals surface area (Å²) in [7, 11) is 0. The highest BCUT2D eigenvalue weighted by Gasteiger charge is 2.38. The Morgan fingerprint density at radius 2 is 1.89 bits per heavy atom. The molecule has 3 atom stereocenters. The van der Waals surface area contributed by atoms with Crippen molar-refractivity contribution in [3.8, 4) is 0 Å². The van der Waals surface area contributed by atoms with Gasteiger partial charge < -0.3 is 4.90 Å². The summed E-state index contributed by atoms with van der Waals surface area (Å²) in [6, 6.07) is 18.7. The van der Waals surface area contributed by atoms with E-state index in [9.17, 15) is 4.79 Å². The predicted octanol–water partition coefficient (Wildman–Crippen LogP) is 6.77. The van der Waals surface area contributed by atoms with E-state index in [2.05, 4.69) is 54.8 Å². The molecule has 0 aliphatic carbocycles. The maximum Gasteiger partial charge on any atom is 0.226 e. The van der Waals surface area contributed by atoms with Gasteiger partial charge in [-0.05, 0) is 55.5 Å². The maximum atomic E-state index is 13.4. The summed E-state index contributed by atoms with van der Waals surface area (Å²) in [5.41, 5.74) is 1.18. The minimum atomic E-state index is 0.0526. The van der Waals surface area contributed by atoms with Gasteiger partial charge in [-0.15, -0.1) is 18.3 Å². The lowest BCUT2D eigenvalue weighted by Gasteiger charge is -2.44. The van der Waals surface area contributed by atoms with Crippen molar-refractivity contribution >= 4 is 29.3 Å². The van der Waals surface area contributed by atoms with Crippen molar-refractivity contribution in [1.29, 1.82) is 0 Å². The Balaban J connectivity index is 1.84. The third kappa shape index (κ3) is 5.01. The molecular formula is C24H28ClNOS. The van der Waals surface area contributed by atoms with Crippen molar-refractivity contribution in [2.24, 2.45) is 5.92 Å². The van der Waals surface area contributed by atoms with Crippen LogP contribution in [0.25, 0.3) is 0 Å². The second-order valence-corrected chi connectivity index (χ2v) is 8.83. The number of nitrogens with zero attached hydrogens (tertiary/aromatic N) is 1. The second-order valence-electron chi connectivity index (χ2n) is 7.30. The third-order valence-corrected chi connectivity index (χ3v) is 6.89. The number of benzene rings is 2. The van der Waals surface area contributed by atoms with E-state index in [1.807, 2.05) is 36.0 Å². The molecule has 1 aliphatic rings. The summed E-state index contributed by atoms with van der Waals surface area (Å²) in [6.45, 7) is 6.03. The van der Waals surface area contributed by atoms with Crippen LogP contribution in [0.4, 0.5) is 0 Å². The lowest BCUT2D eigenvalue weighted by molar-refractivity contribution is -0.144. The highest BCUT2D eigenvalue weighted by atomic mass is 35.5. The monoisotopic (exact) mass is 413 g/mol. The molecule has 0 N–H and O–H groups in total. The molecule has 148 valence electrons. The van der Waals surface area contributed by atoms with Crippen LogP contribution in [0.5, 0.6) is 0 Å². The molecule has 2 nitrogen and oxygen atoms in total. The van der Waals surface area contributed by atoms with Crippen molar-refractivity contribution in [2.45, 2.75) is 49.6 Å². The predicted molar refractivity (Wildman–Crippen MR) is 120 cm³/mol. The molecule has 0 radical (unpaired) electrons. The number of hydrogen-bond donors (Lipinski definition) is 0. The summed E-state index contributed by atoms with van der Waals surface area (Å²) >= 11 is 7.92. The molecule has 1 fully saturated rings. The van der Waals surface area contributed by atoms with Crippen molar-refractivity contribution in [3.05, 3.63) is 77.8 Å². The minimum absolute atomic E-state index is 0.0526. The third-order valence-electron chi connectivity index (χ3n) is 5.48. The number of halogens is 1. The minimum Gasteiger partial charge on any atom is -0.332 e. The van der Waals surface area contributed by atoms with Gasteiger partial charge in [-0.2, -0.15) is 0 Å². The molecule has 0 spiro atoms. The van der Waals surface area contributed by atoms with Gasteiger partial charge in [-0.25, -0.2) is 0 Å². The number of allylic oxidation sites excluding steroid dienone is 1. The molecule has 2 aromatic carbocycles. The van der Waals surface area contributed by atoms with Crippen LogP contribution in [0.3, 0.4) is 0 Å². The number of rotatable bonds is 8. The van der Waals surface area contributed by atoms with Crippen LogP contribution in [0, 0.1) is 5.92 Å². The first-order valence-electron chi connectivity index (χ1n) is 10.0. The van der Waals surface area contributed by atoms with Crippen LogP contribution in [0.15, 0.2) is 72.1 Å². The molecule has 3 rings (SSSR count). The largest absolute Gasteiger partial charge is 0.332 e. The van der Waals surface area contributed by atoms with Gasteiger partial charge in [0.1, 0.15) is 0 Å². The number of hydrogen-bond acceptors (Lipinski definition) is 2. The highest BCUT2D eigenvalue weighted by molar-refractivity contribution is 7.99. The zero-order valence-electron chi connectivity index (χ0n) is 16.4. The molecular weight excluding hydrogens is 386 g/mol. The average Bonchev–Trinajstić information content (AvgIpc) is 2.72. The number of thioether (sulfide) groups is 1. The maximum absolute atomic E-state index is 13.4. The molecule has 1 aliphatic heterocycles. The van der Waals surface area contributed by atoms with Crippen LogP contribution >= 0.6 is 23.4 Å². The molecule has 4 heteroatoms. The van der Waals surface area contributed by atoms with Crippen molar-refractivity contribution < 1.29 is 4.79 Å². The van der Waals surface area contributed by atoms with Crippen LogP contribution in [0.2, 0.25) is 5.02 Å². The first kappa shape index (κ1) is 21.0. The fourth-order valence-electron chi connectivity index (χ4n) is 3.96. The lowest BCUT2D eigenvalue weighted by Crippen LogP contribution is -2.49. The number of amides is 1. The van der Waals surface area contributed by atoms with E-state index in [0.29, 0.717) is 0 Å². The van der Waals surface area contributed by atoms with Gasteiger partial charge in [-0.3, -0.25) is 4.79 Å². The Morgan fingerprint density at radius 1 is 1.18 bits per heavy atom. The van der Waals surface area contributed by atoms with Crippen molar-refractivity contribution in [1.82, 2.24) is 4.90 Å². The van der Waals surface area contributed by atoms with Crippen LogP contribution in [0.1, 0.15) is 44.2 Å². The van der Waals surface area contributed by atoms with Gasteiger partial charge in [0.05, 0.1) is 6.04 Å². The normalized spacial score (nSPS) is 20.8. The van der Waals surface area contributed by atoms with Crippen molar-refractivity contribution in [3.63, 3.8) is 0 Å². The Labute approximate surface area is 178 Å². The average molecular weight is 414 g/mol. The summed E-state index contributed by atoms with van der Waals surface area (Å²) in [4.78, 5) is 16.8. The molecule has 2 unspecified atom stereocenters. The number of piperidine rings is 1. The lowest BCUT2D eigenvalue weighted by atomic mass is 9.85. The quantitative estimate of drug-likeness (QED) is 0.351.